The van der Waals surface area contributed by atoms with Gasteiger partial charge in [-0.3, -0.25) is 24.2 Å². The zero-order valence-corrected chi connectivity index (χ0v) is 24.9. The van der Waals surface area contributed by atoms with E-state index in [4.69, 9.17) is 17.2 Å². The maximum absolute atomic E-state index is 13.6. The number of aryl methyl sites for hydroxylation is 1. The molecule has 0 aliphatic carbocycles. The Hall–Kier alpha value is -4.39. The fourth-order valence-electron chi connectivity index (χ4n) is 5.47. The zero-order valence-electron chi connectivity index (χ0n) is 24.9. The number of amides is 4. The van der Waals surface area contributed by atoms with Crippen LogP contribution < -0.4 is 27.8 Å². The highest BCUT2D eigenvalue weighted by molar-refractivity contribution is 6.00. The number of carbonyl (C=O) groups excluding carboxylic acids is 4. The molecule has 1 saturated heterocycles. The second-order valence-corrected chi connectivity index (χ2v) is 10.9. The van der Waals surface area contributed by atoms with Crippen molar-refractivity contribution in [2.45, 2.75) is 50.2 Å². The monoisotopic (exact) mass is 602 g/mol. The topological polar surface area (TPSA) is 190 Å². The minimum Gasteiger partial charge on any atom is -0.342 e. The predicted octanol–water partition coefficient (Wildman–Crippen LogP) is 0.745. The van der Waals surface area contributed by atoms with Gasteiger partial charge in [-0.05, 0) is 55.5 Å². The molecule has 4 rings (SSSR count). The molecule has 0 saturated carbocycles. The van der Waals surface area contributed by atoms with Crippen molar-refractivity contribution in [3.8, 4) is 0 Å². The fourth-order valence-corrected chi connectivity index (χ4v) is 5.47. The summed E-state index contributed by atoms with van der Waals surface area (Å²) >= 11 is 0. The Kier molecular flexibility index (Phi) is 11.8. The molecule has 12 heteroatoms. The molecular weight excluding hydrogens is 560 g/mol. The van der Waals surface area contributed by atoms with Crippen LogP contribution in [-0.2, 0) is 25.6 Å². The van der Waals surface area contributed by atoms with Crippen LogP contribution in [0.2, 0.25) is 0 Å². The third kappa shape index (κ3) is 8.59. The normalized spacial score (nSPS) is 15.9. The molecule has 44 heavy (non-hydrogen) atoms. The lowest BCUT2D eigenvalue weighted by Crippen LogP contribution is -2.55. The van der Waals surface area contributed by atoms with Crippen LogP contribution in [0.1, 0.15) is 31.2 Å². The first-order valence-electron chi connectivity index (χ1n) is 15.0. The molecule has 1 aromatic heterocycles. The lowest BCUT2D eigenvalue weighted by Gasteiger charge is -2.29. The number of fused-ring (bicyclic) bond motifs is 1. The van der Waals surface area contributed by atoms with Gasteiger partial charge in [0.25, 0.3) is 0 Å². The van der Waals surface area contributed by atoms with E-state index < -0.39 is 29.9 Å². The highest BCUT2D eigenvalue weighted by Crippen LogP contribution is 2.21. The van der Waals surface area contributed by atoms with Crippen molar-refractivity contribution in [2.75, 3.05) is 38.0 Å². The Labute approximate surface area is 257 Å². The average Bonchev–Trinajstić information content (AvgIpc) is 3.53. The van der Waals surface area contributed by atoms with Crippen LogP contribution in [-0.4, -0.2) is 89.3 Å². The van der Waals surface area contributed by atoms with Crippen LogP contribution in [0.25, 0.3) is 10.9 Å². The van der Waals surface area contributed by atoms with E-state index in [2.05, 4.69) is 15.6 Å². The van der Waals surface area contributed by atoms with E-state index in [9.17, 15) is 19.2 Å². The molecule has 3 atom stereocenters. The molecule has 2 heterocycles. The molecule has 2 aromatic carbocycles. The Balaban J connectivity index is 1.44. The van der Waals surface area contributed by atoms with Crippen molar-refractivity contribution in [1.82, 2.24) is 20.1 Å². The van der Waals surface area contributed by atoms with Gasteiger partial charge in [-0.15, -0.1) is 0 Å². The molecule has 0 spiro atoms. The summed E-state index contributed by atoms with van der Waals surface area (Å²) in [6.45, 7) is 1.49. The molecular formula is C32H42N8O4. The summed E-state index contributed by atoms with van der Waals surface area (Å²) < 4.78 is 0. The number of benzene rings is 2. The van der Waals surface area contributed by atoms with E-state index in [0.717, 1.165) is 16.5 Å². The SMILES string of the molecule is NCCN(CCN)C(=O)C[C@H](N)C(=O)N1CCC[C@H]1C(=O)N[C@@H](CCc1ccccc1)C(=O)Nc1ccc2ncccc2c1. The highest BCUT2D eigenvalue weighted by atomic mass is 16.2. The number of anilines is 1. The van der Waals surface area contributed by atoms with Crippen LogP contribution in [0.5, 0.6) is 0 Å². The highest BCUT2D eigenvalue weighted by Gasteiger charge is 2.38. The Morgan fingerprint density at radius 1 is 1.00 bits per heavy atom. The number of hydrogen-bond acceptors (Lipinski definition) is 8. The van der Waals surface area contributed by atoms with E-state index in [1.165, 1.54) is 9.80 Å². The van der Waals surface area contributed by atoms with E-state index >= 15 is 0 Å². The van der Waals surface area contributed by atoms with E-state index in [1.807, 2.05) is 54.6 Å². The lowest BCUT2D eigenvalue weighted by atomic mass is 10.0. The molecule has 1 fully saturated rings. The van der Waals surface area contributed by atoms with Gasteiger partial charge in [0.15, 0.2) is 0 Å². The number of rotatable bonds is 14. The van der Waals surface area contributed by atoms with E-state index in [-0.39, 0.29) is 31.3 Å². The van der Waals surface area contributed by atoms with Crippen molar-refractivity contribution in [3.05, 3.63) is 72.4 Å². The quantitative estimate of drug-likeness (QED) is 0.179. The molecule has 4 amide bonds. The van der Waals surface area contributed by atoms with Gasteiger partial charge in [-0.2, -0.15) is 0 Å². The molecule has 1 aliphatic heterocycles. The summed E-state index contributed by atoms with van der Waals surface area (Å²) in [4.78, 5) is 60.4. The zero-order chi connectivity index (χ0) is 31.5. The van der Waals surface area contributed by atoms with Crippen LogP contribution in [0.4, 0.5) is 5.69 Å². The Morgan fingerprint density at radius 3 is 2.48 bits per heavy atom. The summed E-state index contributed by atoms with van der Waals surface area (Å²) in [5.41, 5.74) is 19.8. The molecule has 0 unspecified atom stereocenters. The number of pyridine rings is 1. The Bertz CT molecular complexity index is 1430. The number of nitrogens with one attached hydrogen (secondary N) is 2. The number of hydrogen-bond donors (Lipinski definition) is 5. The minimum atomic E-state index is -1.12. The number of carbonyl (C=O) groups is 4. The van der Waals surface area contributed by atoms with Crippen molar-refractivity contribution in [1.29, 1.82) is 0 Å². The maximum atomic E-state index is 13.6. The van der Waals surface area contributed by atoms with Gasteiger partial charge in [0, 0.05) is 50.0 Å². The summed E-state index contributed by atoms with van der Waals surface area (Å²) in [6.07, 6.45) is 3.42. The summed E-state index contributed by atoms with van der Waals surface area (Å²) in [5.74, 6) is -1.59. The van der Waals surface area contributed by atoms with Gasteiger partial charge in [0.05, 0.1) is 18.0 Å². The van der Waals surface area contributed by atoms with Crippen LogP contribution in [0.3, 0.4) is 0 Å². The smallest absolute Gasteiger partial charge is 0.246 e. The molecule has 1 aliphatic rings. The summed E-state index contributed by atoms with van der Waals surface area (Å²) in [5, 5.41) is 6.71. The first kappa shape index (κ1) is 32.5. The Morgan fingerprint density at radius 2 is 1.75 bits per heavy atom. The number of likely N-dealkylation sites (tertiary alicyclic amines) is 1. The standard InChI is InChI=1S/C32H42N8O4/c33-14-18-39(19-15-34)29(41)21-25(35)32(44)40-17-5-9-28(40)31(43)38-27(12-10-22-6-2-1-3-7-22)30(42)37-24-11-13-26-23(20-24)8-4-16-36-26/h1-4,6-8,11,13,16,20,25,27-28H,5,9-10,12,14-15,17-19,21,33-35H2,(H,37,42)(H,38,43)/t25-,27-,28-/m0/s1. The van der Waals surface area contributed by atoms with Gasteiger partial charge in [0.2, 0.25) is 23.6 Å². The van der Waals surface area contributed by atoms with Crippen LogP contribution >= 0.6 is 0 Å². The van der Waals surface area contributed by atoms with Crippen molar-refractivity contribution < 1.29 is 19.2 Å². The summed E-state index contributed by atoms with van der Waals surface area (Å²) in [7, 11) is 0. The largest absolute Gasteiger partial charge is 0.342 e. The molecule has 3 aromatic rings. The minimum absolute atomic E-state index is 0.215. The van der Waals surface area contributed by atoms with Crippen LogP contribution in [0, 0.1) is 0 Å². The predicted molar refractivity (Wildman–Crippen MR) is 169 cm³/mol. The third-order valence-corrected chi connectivity index (χ3v) is 7.77. The number of aromatic nitrogens is 1. The van der Waals surface area contributed by atoms with Gasteiger partial charge < -0.3 is 37.6 Å². The fraction of sp³-hybridized carbons (Fsp3) is 0.406. The number of nitrogens with zero attached hydrogens (tertiary/aromatic N) is 3. The number of nitrogens with two attached hydrogens (primary N) is 3. The molecule has 12 nitrogen and oxygen atoms in total. The maximum Gasteiger partial charge on any atom is 0.246 e. The first-order valence-corrected chi connectivity index (χ1v) is 15.0. The van der Waals surface area contributed by atoms with Gasteiger partial charge in [0.1, 0.15) is 12.1 Å². The van der Waals surface area contributed by atoms with Crippen molar-refractivity contribution in [2.24, 2.45) is 17.2 Å². The third-order valence-electron chi connectivity index (χ3n) is 7.77. The molecule has 234 valence electrons. The lowest BCUT2D eigenvalue weighted by molar-refractivity contribution is -0.142. The second kappa shape index (κ2) is 15.9. The summed E-state index contributed by atoms with van der Waals surface area (Å²) in [6, 6.07) is 16.1. The van der Waals surface area contributed by atoms with E-state index in [1.54, 1.807) is 12.3 Å². The molecule has 8 N–H and O–H groups in total. The van der Waals surface area contributed by atoms with Crippen molar-refractivity contribution in [3.63, 3.8) is 0 Å². The average molecular weight is 603 g/mol. The molecule has 0 radical (unpaired) electrons. The van der Waals surface area contributed by atoms with Gasteiger partial charge in [-0.25, -0.2) is 0 Å². The second-order valence-electron chi connectivity index (χ2n) is 10.9. The first-order chi connectivity index (χ1) is 21.3. The van der Waals surface area contributed by atoms with Crippen molar-refractivity contribution >= 4 is 40.2 Å². The van der Waals surface area contributed by atoms with Gasteiger partial charge in [-0.1, -0.05) is 36.4 Å². The molecule has 0 bridgehead atoms. The van der Waals surface area contributed by atoms with E-state index in [0.29, 0.717) is 51.0 Å². The van der Waals surface area contributed by atoms with Gasteiger partial charge >= 0.3 is 0 Å². The van der Waals surface area contributed by atoms with Crippen LogP contribution in [0.15, 0.2) is 66.9 Å².